The molecule has 0 radical (unpaired) electrons. The van der Waals surface area contributed by atoms with Crippen molar-refractivity contribution >= 4 is 0 Å². The third-order valence-electron chi connectivity index (χ3n) is 8.45. The summed E-state index contributed by atoms with van der Waals surface area (Å²) >= 11 is 0. The van der Waals surface area contributed by atoms with Gasteiger partial charge in [0.25, 0.3) is 0 Å². The molecule has 0 aromatic rings. The van der Waals surface area contributed by atoms with E-state index in [1.54, 1.807) is 0 Å². The van der Waals surface area contributed by atoms with Crippen molar-refractivity contribution in [2.45, 2.75) is 214 Å². The maximum Gasteiger partial charge on any atom is -0.0147 e. The van der Waals surface area contributed by atoms with Gasteiger partial charge in [-0.15, -0.1) is 0 Å². The van der Waals surface area contributed by atoms with Gasteiger partial charge in [-0.2, -0.15) is 0 Å². The number of hydrogen-bond donors (Lipinski definition) is 0. The topological polar surface area (TPSA) is 0 Å². The lowest BCUT2D eigenvalue weighted by molar-refractivity contribution is 0.326. The molecule has 0 heterocycles. The molecular formula is C36H72. The van der Waals surface area contributed by atoms with Gasteiger partial charge in [-0.3, -0.25) is 0 Å². The lowest BCUT2D eigenvalue weighted by Gasteiger charge is -2.26. The van der Waals surface area contributed by atoms with Crippen LogP contribution in [0.3, 0.4) is 0 Å². The van der Waals surface area contributed by atoms with Gasteiger partial charge in [0.15, 0.2) is 0 Å². The summed E-state index contributed by atoms with van der Waals surface area (Å²) in [4.78, 5) is 0. The molecule has 0 N–H and O–H groups in total. The lowest BCUT2D eigenvalue weighted by Crippen LogP contribution is -2.13. The van der Waals surface area contributed by atoms with Crippen molar-refractivity contribution < 1.29 is 0 Å². The van der Waals surface area contributed by atoms with Gasteiger partial charge in [-0.05, 0) is 31.1 Å². The van der Waals surface area contributed by atoms with Crippen LogP contribution < -0.4 is 0 Å². The van der Waals surface area contributed by atoms with Crippen molar-refractivity contribution in [3.63, 3.8) is 0 Å². The van der Waals surface area contributed by atoms with Gasteiger partial charge in [-0.25, -0.2) is 0 Å². The van der Waals surface area contributed by atoms with Crippen LogP contribution in [0.1, 0.15) is 214 Å². The second-order valence-corrected chi connectivity index (χ2v) is 12.5. The molecule has 36 heavy (non-hydrogen) atoms. The predicted molar refractivity (Wildman–Crippen MR) is 168 cm³/mol. The molecule has 0 nitrogen and oxygen atoms in total. The summed E-state index contributed by atoms with van der Waals surface area (Å²) in [6.07, 6.45) is 46.8. The molecule has 0 amide bonds. The van der Waals surface area contributed by atoms with E-state index in [4.69, 9.17) is 0 Å². The van der Waals surface area contributed by atoms with E-state index in [1.165, 1.54) is 186 Å². The Bertz CT molecular complexity index is 422. The van der Waals surface area contributed by atoms with Crippen molar-refractivity contribution in [3.05, 3.63) is 12.2 Å². The highest BCUT2D eigenvalue weighted by atomic mass is 14.2. The summed E-state index contributed by atoms with van der Waals surface area (Å²) in [5.41, 5.74) is 0.447. The molecule has 0 rings (SSSR count). The molecule has 0 aromatic carbocycles. The molecule has 0 heteroatoms. The monoisotopic (exact) mass is 505 g/mol. The van der Waals surface area contributed by atoms with Gasteiger partial charge in [0, 0.05) is 0 Å². The Kier molecular flexibility index (Phi) is 29.1. The Hall–Kier alpha value is -0.260. The van der Waals surface area contributed by atoms with Crippen LogP contribution in [0.25, 0.3) is 0 Å². The van der Waals surface area contributed by atoms with E-state index in [1.807, 2.05) is 0 Å². The lowest BCUT2D eigenvalue weighted by atomic mass is 9.79. The molecule has 0 saturated carbocycles. The molecule has 0 saturated heterocycles. The van der Waals surface area contributed by atoms with Crippen LogP contribution in [0.15, 0.2) is 12.2 Å². The minimum Gasteiger partial charge on any atom is -0.0880 e. The standard InChI is InChI=1S/C36H72/c1-5-8-11-14-17-20-22-25-28-31-34-36(4,33-30-27-24-19-16-13-10-7-3)35-32-29-26-23-21-18-15-12-9-6-2/h31,34H,5-30,32-33,35H2,1-4H3/b34-31+. The van der Waals surface area contributed by atoms with Crippen molar-refractivity contribution in [2.24, 2.45) is 5.41 Å². The highest BCUT2D eigenvalue weighted by Crippen LogP contribution is 2.33. The molecule has 216 valence electrons. The first-order valence-corrected chi connectivity index (χ1v) is 17.4. The fourth-order valence-electron chi connectivity index (χ4n) is 5.73. The number of allylic oxidation sites excluding steroid dienone is 2. The van der Waals surface area contributed by atoms with E-state index in [2.05, 4.69) is 39.8 Å². The fourth-order valence-corrected chi connectivity index (χ4v) is 5.73. The zero-order valence-electron chi connectivity index (χ0n) is 26.2. The first-order valence-electron chi connectivity index (χ1n) is 17.4. The second-order valence-electron chi connectivity index (χ2n) is 12.5. The molecular weight excluding hydrogens is 432 g/mol. The summed E-state index contributed by atoms with van der Waals surface area (Å²) in [6.45, 7) is 9.52. The molecule has 0 fully saturated rings. The Morgan fingerprint density at radius 1 is 0.361 bits per heavy atom. The Morgan fingerprint density at radius 3 is 0.972 bits per heavy atom. The van der Waals surface area contributed by atoms with E-state index in [0.29, 0.717) is 5.41 Å². The minimum absolute atomic E-state index is 0.447. The normalized spacial score (nSPS) is 13.6. The van der Waals surface area contributed by atoms with E-state index in [0.717, 1.165) is 0 Å². The van der Waals surface area contributed by atoms with Gasteiger partial charge in [0.05, 0.1) is 0 Å². The van der Waals surface area contributed by atoms with Crippen molar-refractivity contribution in [3.8, 4) is 0 Å². The van der Waals surface area contributed by atoms with Crippen molar-refractivity contribution in [1.29, 1.82) is 0 Å². The minimum atomic E-state index is 0.447. The third kappa shape index (κ3) is 26.8. The van der Waals surface area contributed by atoms with Crippen LogP contribution in [-0.4, -0.2) is 0 Å². The van der Waals surface area contributed by atoms with E-state index >= 15 is 0 Å². The summed E-state index contributed by atoms with van der Waals surface area (Å²) < 4.78 is 0. The molecule has 0 aromatic heterocycles. The fraction of sp³-hybridized carbons (Fsp3) is 0.944. The summed E-state index contributed by atoms with van der Waals surface area (Å²) in [5.74, 6) is 0. The van der Waals surface area contributed by atoms with Crippen LogP contribution in [0.2, 0.25) is 0 Å². The molecule has 1 atom stereocenters. The third-order valence-corrected chi connectivity index (χ3v) is 8.45. The molecule has 0 aliphatic rings. The van der Waals surface area contributed by atoms with Gasteiger partial charge in [-0.1, -0.05) is 200 Å². The summed E-state index contributed by atoms with van der Waals surface area (Å²) in [5, 5.41) is 0. The average Bonchev–Trinajstić information content (AvgIpc) is 2.88. The van der Waals surface area contributed by atoms with Gasteiger partial charge in [0.1, 0.15) is 0 Å². The van der Waals surface area contributed by atoms with E-state index in [9.17, 15) is 0 Å². The number of rotatable bonds is 30. The Balaban J connectivity index is 4.14. The summed E-state index contributed by atoms with van der Waals surface area (Å²) in [7, 11) is 0. The van der Waals surface area contributed by atoms with Crippen molar-refractivity contribution in [1.82, 2.24) is 0 Å². The van der Waals surface area contributed by atoms with Gasteiger partial charge in [0.2, 0.25) is 0 Å². The molecule has 0 aliphatic carbocycles. The largest absolute Gasteiger partial charge is 0.0880 e. The van der Waals surface area contributed by atoms with Crippen LogP contribution in [0.5, 0.6) is 0 Å². The highest BCUT2D eigenvalue weighted by Gasteiger charge is 2.19. The smallest absolute Gasteiger partial charge is 0.0147 e. The van der Waals surface area contributed by atoms with E-state index in [-0.39, 0.29) is 0 Å². The first kappa shape index (κ1) is 35.7. The predicted octanol–water partition coefficient (Wildman–Crippen LogP) is 13.9. The molecule has 0 aliphatic heterocycles. The zero-order valence-corrected chi connectivity index (χ0v) is 26.2. The quantitative estimate of drug-likeness (QED) is 0.0673. The van der Waals surface area contributed by atoms with Crippen LogP contribution in [-0.2, 0) is 0 Å². The second kappa shape index (κ2) is 29.3. The summed E-state index contributed by atoms with van der Waals surface area (Å²) in [6, 6.07) is 0. The van der Waals surface area contributed by atoms with Gasteiger partial charge < -0.3 is 0 Å². The number of hydrogen-bond acceptors (Lipinski definition) is 0. The maximum absolute atomic E-state index is 2.66. The Morgan fingerprint density at radius 2 is 0.639 bits per heavy atom. The van der Waals surface area contributed by atoms with Gasteiger partial charge >= 0.3 is 0 Å². The molecule has 0 bridgehead atoms. The van der Waals surface area contributed by atoms with Crippen LogP contribution in [0.4, 0.5) is 0 Å². The average molecular weight is 505 g/mol. The number of unbranched alkanes of at least 4 members (excludes halogenated alkanes) is 24. The highest BCUT2D eigenvalue weighted by molar-refractivity contribution is 4.97. The first-order chi connectivity index (χ1) is 17.7. The molecule has 1 unspecified atom stereocenters. The van der Waals surface area contributed by atoms with E-state index < -0.39 is 0 Å². The molecule has 0 spiro atoms. The SMILES string of the molecule is CCCCCCCCCC/C=C/C(C)(CCCCCCCCCC)CCCCCCCCCCCC. The maximum atomic E-state index is 2.66. The Labute approximate surface area is 231 Å². The van der Waals surface area contributed by atoms with Crippen LogP contribution in [0, 0.1) is 5.41 Å². The van der Waals surface area contributed by atoms with Crippen LogP contribution >= 0.6 is 0 Å². The van der Waals surface area contributed by atoms with Crippen molar-refractivity contribution in [2.75, 3.05) is 0 Å². The zero-order chi connectivity index (χ0) is 26.4.